The van der Waals surface area contributed by atoms with E-state index < -0.39 is 6.10 Å². The highest BCUT2D eigenvalue weighted by molar-refractivity contribution is 6.35. The van der Waals surface area contributed by atoms with Crippen molar-refractivity contribution in [2.75, 3.05) is 45.2 Å². The molecule has 8 heteroatoms. The summed E-state index contributed by atoms with van der Waals surface area (Å²) in [4.78, 5) is 12.6. The van der Waals surface area contributed by atoms with E-state index in [-0.39, 0.29) is 11.8 Å². The molecule has 2 aliphatic rings. The van der Waals surface area contributed by atoms with Gasteiger partial charge in [0.1, 0.15) is 18.2 Å². The third kappa shape index (κ3) is 3.38. The van der Waals surface area contributed by atoms with Crippen molar-refractivity contribution in [1.29, 1.82) is 0 Å². The number of benzene rings is 1. The molecule has 24 heavy (non-hydrogen) atoms. The zero-order chi connectivity index (χ0) is 17.1. The highest BCUT2D eigenvalue weighted by Crippen LogP contribution is 2.44. The van der Waals surface area contributed by atoms with E-state index in [2.05, 4.69) is 16.0 Å². The lowest BCUT2D eigenvalue weighted by Crippen LogP contribution is -2.45. The van der Waals surface area contributed by atoms with E-state index in [0.29, 0.717) is 54.1 Å². The number of hydrogen-bond donors (Lipinski definition) is 4. The highest BCUT2D eigenvalue weighted by Gasteiger charge is 2.28. The number of carbonyl (C=O) groups is 1. The van der Waals surface area contributed by atoms with Crippen LogP contribution >= 0.6 is 11.6 Å². The van der Waals surface area contributed by atoms with Gasteiger partial charge in [0.25, 0.3) is 5.91 Å². The van der Waals surface area contributed by atoms with E-state index in [4.69, 9.17) is 21.1 Å². The van der Waals surface area contributed by atoms with Crippen molar-refractivity contribution in [3.8, 4) is 11.5 Å². The summed E-state index contributed by atoms with van der Waals surface area (Å²) >= 11 is 6.28. The average molecular weight is 356 g/mol. The third-order valence-electron chi connectivity index (χ3n) is 4.38. The van der Waals surface area contributed by atoms with Crippen LogP contribution in [0.3, 0.4) is 0 Å². The molecule has 3 rings (SSSR count). The van der Waals surface area contributed by atoms with Gasteiger partial charge < -0.3 is 30.5 Å². The summed E-state index contributed by atoms with van der Waals surface area (Å²) in [5, 5.41) is 19.3. The SMILES string of the molecule is CNc1cc(C(=O)NC[C@@H]2CCNC[C@H]2O)c2c(c1Cl)OCCO2. The molecule has 0 bridgehead atoms. The molecule has 2 heterocycles. The topological polar surface area (TPSA) is 91.9 Å². The van der Waals surface area contributed by atoms with Crippen LogP contribution in [0.1, 0.15) is 16.8 Å². The second-order valence-electron chi connectivity index (χ2n) is 5.92. The van der Waals surface area contributed by atoms with Crippen LogP contribution in [0, 0.1) is 5.92 Å². The zero-order valence-corrected chi connectivity index (χ0v) is 14.3. The number of amides is 1. The Morgan fingerprint density at radius 1 is 1.42 bits per heavy atom. The van der Waals surface area contributed by atoms with Gasteiger partial charge in [0.2, 0.25) is 0 Å². The van der Waals surface area contributed by atoms with Crippen LogP contribution in [-0.4, -0.2) is 57.0 Å². The molecule has 2 aliphatic heterocycles. The minimum atomic E-state index is -0.453. The molecule has 0 aliphatic carbocycles. The number of aliphatic hydroxyl groups is 1. The standard InChI is InChI=1S/C16H22ClN3O4/c1-18-11-6-10(14-15(13(11)17)24-5-4-23-14)16(22)20-7-9-2-3-19-8-12(9)21/h6,9,12,18-19,21H,2-5,7-8H2,1H3,(H,20,22)/t9-,12+/m0/s1. The Labute approximate surface area is 145 Å². The van der Waals surface area contributed by atoms with Gasteiger partial charge in [0.15, 0.2) is 11.5 Å². The Balaban J connectivity index is 1.79. The zero-order valence-electron chi connectivity index (χ0n) is 13.5. The fourth-order valence-electron chi connectivity index (χ4n) is 2.98. The number of nitrogens with one attached hydrogen (secondary N) is 3. The summed E-state index contributed by atoms with van der Waals surface area (Å²) in [5.74, 6) is 0.533. The van der Waals surface area contributed by atoms with E-state index in [1.165, 1.54) is 0 Å². The van der Waals surface area contributed by atoms with E-state index in [9.17, 15) is 9.90 Å². The number of β-amino-alcohol motifs (C(OH)–C–C–N with tert-alkyl or cyclic N) is 1. The van der Waals surface area contributed by atoms with Crippen molar-refractivity contribution < 1.29 is 19.4 Å². The smallest absolute Gasteiger partial charge is 0.255 e. The molecular weight excluding hydrogens is 334 g/mol. The van der Waals surface area contributed by atoms with E-state index in [1.807, 2.05) is 0 Å². The first-order valence-corrected chi connectivity index (χ1v) is 8.46. The first-order chi connectivity index (χ1) is 11.6. The van der Waals surface area contributed by atoms with Gasteiger partial charge in [0, 0.05) is 26.1 Å². The van der Waals surface area contributed by atoms with Gasteiger partial charge in [-0.2, -0.15) is 0 Å². The number of anilines is 1. The lowest BCUT2D eigenvalue weighted by Gasteiger charge is -2.28. The monoisotopic (exact) mass is 355 g/mol. The Kier molecular flexibility index (Phi) is 5.33. The van der Waals surface area contributed by atoms with Crippen molar-refractivity contribution in [2.45, 2.75) is 12.5 Å². The van der Waals surface area contributed by atoms with Crippen molar-refractivity contribution >= 4 is 23.2 Å². The van der Waals surface area contributed by atoms with Crippen molar-refractivity contribution in [1.82, 2.24) is 10.6 Å². The van der Waals surface area contributed by atoms with Crippen LogP contribution < -0.4 is 25.4 Å². The Bertz CT molecular complexity index is 626. The third-order valence-corrected chi connectivity index (χ3v) is 4.76. The van der Waals surface area contributed by atoms with Crippen LogP contribution in [0.2, 0.25) is 5.02 Å². The fourth-order valence-corrected chi connectivity index (χ4v) is 3.27. The van der Waals surface area contributed by atoms with Crippen LogP contribution in [0.5, 0.6) is 11.5 Å². The number of aliphatic hydroxyl groups excluding tert-OH is 1. The maximum absolute atomic E-state index is 12.6. The molecule has 0 saturated carbocycles. The van der Waals surface area contributed by atoms with E-state index in [0.717, 1.165) is 13.0 Å². The van der Waals surface area contributed by atoms with Crippen LogP contribution in [0.15, 0.2) is 6.07 Å². The molecule has 7 nitrogen and oxygen atoms in total. The fraction of sp³-hybridized carbons (Fsp3) is 0.562. The predicted octanol–water partition coefficient (Wildman–Crippen LogP) is 0.853. The Morgan fingerprint density at radius 3 is 2.88 bits per heavy atom. The quantitative estimate of drug-likeness (QED) is 0.640. The molecule has 1 saturated heterocycles. The minimum Gasteiger partial charge on any atom is -0.485 e. The van der Waals surface area contributed by atoms with Gasteiger partial charge in [-0.05, 0) is 19.0 Å². The number of ether oxygens (including phenoxy) is 2. The summed E-state index contributed by atoms with van der Waals surface area (Å²) in [6, 6.07) is 1.66. The average Bonchev–Trinajstić information content (AvgIpc) is 2.61. The van der Waals surface area contributed by atoms with Gasteiger partial charge in [-0.15, -0.1) is 0 Å². The Hall–Kier alpha value is -1.70. The molecule has 1 aromatic rings. The van der Waals surface area contributed by atoms with Crippen LogP contribution in [0.25, 0.3) is 0 Å². The molecule has 0 aromatic heterocycles. The molecule has 2 atom stereocenters. The number of rotatable bonds is 4. The molecule has 1 amide bonds. The van der Waals surface area contributed by atoms with Gasteiger partial charge in [0.05, 0.1) is 17.4 Å². The van der Waals surface area contributed by atoms with E-state index in [1.54, 1.807) is 13.1 Å². The highest BCUT2D eigenvalue weighted by atomic mass is 35.5. The molecule has 132 valence electrons. The molecule has 0 spiro atoms. The largest absolute Gasteiger partial charge is 0.485 e. The van der Waals surface area contributed by atoms with Gasteiger partial charge in [-0.1, -0.05) is 11.6 Å². The number of piperidine rings is 1. The maximum Gasteiger partial charge on any atom is 0.255 e. The van der Waals surface area contributed by atoms with Crippen molar-refractivity contribution in [3.05, 3.63) is 16.7 Å². The number of fused-ring (bicyclic) bond motifs is 1. The molecule has 1 aromatic carbocycles. The summed E-state index contributed by atoms with van der Waals surface area (Å²) in [6.45, 7) is 2.57. The minimum absolute atomic E-state index is 0.0410. The number of hydrogen-bond acceptors (Lipinski definition) is 6. The van der Waals surface area contributed by atoms with E-state index >= 15 is 0 Å². The summed E-state index contributed by atoms with van der Waals surface area (Å²) in [7, 11) is 1.73. The molecular formula is C16H22ClN3O4. The first-order valence-electron chi connectivity index (χ1n) is 8.08. The maximum atomic E-state index is 12.6. The molecule has 0 unspecified atom stereocenters. The van der Waals surface area contributed by atoms with Crippen molar-refractivity contribution in [3.63, 3.8) is 0 Å². The summed E-state index contributed by atoms with van der Waals surface area (Å²) in [6.07, 6.45) is 0.368. The number of carbonyl (C=O) groups excluding carboxylic acids is 1. The van der Waals surface area contributed by atoms with Gasteiger partial charge in [-0.25, -0.2) is 0 Å². The normalized spacial score (nSPS) is 22.8. The van der Waals surface area contributed by atoms with Crippen molar-refractivity contribution in [2.24, 2.45) is 5.92 Å². The van der Waals surface area contributed by atoms with Crippen LogP contribution in [0.4, 0.5) is 5.69 Å². The van der Waals surface area contributed by atoms with Gasteiger partial charge in [-0.3, -0.25) is 4.79 Å². The lowest BCUT2D eigenvalue weighted by molar-refractivity contribution is 0.0750. The molecule has 0 radical (unpaired) electrons. The molecule has 1 fully saturated rings. The van der Waals surface area contributed by atoms with Gasteiger partial charge >= 0.3 is 0 Å². The lowest BCUT2D eigenvalue weighted by atomic mass is 9.95. The molecule has 4 N–H and O–H groups in total. The second-order valence-corrected chi connectivity index (χ2v) is 6.30. The number of halogens is 1. The Morgan fingerprint density at radius 2 is 2.17 bits per heavy atom. The summed E-state index contributed by atoms with van der Waals surface area (Å²) < 4.78 is 11.2. The first kappa shape index (κ1) is 17.1. The predicted molar refractivity (Wildman–Crippen MR) is 91.3 cm³/mol. The summed E-state index contributed by atoms with van der Waals surface area (Å²) in [5.41, 5.74) is 0.981. The second kappa shape index (κ2) is 7.46. The van der Waals surface area contributed by atoms with Crippen LogP contribution in [-0.2, 0) is 0 Å².